The molecule has 1 atom stereocenters. The largest absolute Gasteiger partial charge is 0.481 e. The van der Waals surface area contributed by atoms with E-state index in [2.05, 4.69) is 41.5 Å². The highest BCUT2D eigenvalue weighted by molar-refractivity contribution is 8.15. The summed E-state index contributed by atoms with van der Waals surface area (Å²) in [5, 5.41) is 19.2. The summed E-state index contributed by atoms with van der Waals surface area (Å²) in [7, 11) is 0. The molecular weight excluding hydrogens is 326 g/mol. The number of benzene rings is 1. The van der Waals surface area contributed by atoms with E-state index in [-0.39, 0.29) is 12.3 Å². The number of thioether (sulfide) groups is 1. The smallest absolute Gasteiger partial charge is 0.305 e. The Labute approximate surface area is 145 Å². The van der Waals surface area contributed by atoms with E-state index in [0.717, 1.165) is 29.5 Å². The molecule has 1 aliphatic rings. The van der Waals surface area contributed by atoms with Crippen molar-refractivity contribution in [1.29, 1.82) is 0 Å². The van der Waals surface area contributed by atoms with Crippen LogP contribution in [0.25, 0.3) is 0 Å². The zero-order valence-corrected chi connectivity index (χ0v) is 14.8. The molecule has 0 aromatic heterocycles. The van der Waals surface area contributed by atoms with Crippen LogP contribution in [0, 0.1) is 5.92 Å². The number of carboxylic acids is 1. The molecule has 2 rings (SSSR count). The van der Waals surface area contributed by atoms with Crippen molar-refractivity contribution in [3.8, 4) is 0 Å². The molecule has 1 aromatic rings. The fourth-order valence-corrected chi connectivity index (χ4v) is 3.19. The molecule has 24 heavy (non-hydrogen) atoms. The topological polar surface area (TPSA) is 91.1 Å². The van der Waals surface area contributed by atoms with E-state index in [1.165, 1.54) is 5.56 Å². The Morgan fingerprint density at radius 1 is 1.33 bits per heavy atom. The molecule has 0 bridgehead atoms. The molecule has 2 N–H and O–H groups in total. The van der Waals surface area contributed by atoms with Crippen LogP contribution in [0.3, 0.4) is 0 Å². The first-order valence-electron chi connectivity index (χ1n) is 7.76. The first-order chi connectivity index (χ1) is 11.3. The number of nitrogens with zero attached hydrogens (tertiary/aromatic N) is 2. The molecule has 1 amide bonds. The Kier molecular flexibility index (Phi) is 6.14. The number of nitrogens with one attached hydrogen (secondary N) is 1. The van der Waals surface area contributed by atoms with Gasteiger partial charge >= 0.3 is 5.97 Å². The number of carbonyl (C=O) groups is 2. The van der Waals surface area contributed by atoms with Gasteiger partial charge in [-0.25, -0.2) is 0 Å². The van der Waals surface area contributed by atoms with Gasteiger partial charge in [0.1, 0.15) is 5.25 Å². The van der Waals surface area contributed by atoms with E-state index in [1.54, 1.807) is 0 Å². The summed E-state index contributed by atoms with van der Waals surface area (Å²) < 4.78 is 0. The van der Waals surface area contributed by atoms with Crippen LogP contribution in [-0.2, 0) is 16.0 Å². The number of hydrogen-bond donors (Lipinski definition) is 2. The van der Waals surface area contributed by atoms with Crippen LogP contribution in [0.5, 0.6) is 0 Å². The van der Waals surface area contributed by atoms with Crippen LogP contribution < -0.4 is 5.32 Å². The number of amides is 1. The molecule has 1 fully saturated rings. The van der Waals surface area contributed by atoms with E-state index in [9.17, 15) is 9.59 Å². The molecule has 0 saturated carbocycles. The Morgan fingerprint density at radius 2 is 2.00 bits per heavy atom. The maximum absolute atomic E-state index is 11.6. The molecular formula is C17H21N3O3S. The van der Waals surface area contributed by atoms with Crippen LogP contribution in [0.2, 0.25) is 0 Å². The quantitative estimate of drug-likeness (QED) is 0.611. The molecule has 1 heterocycles. The Bertz CT molecular complexity index is 681. The number of hydrogen-bond acceptors (Lipinski definition) is 5. The van der Waals surface area contributed by atoms with Crippen molar-refractivity contribution < 1.29 is 14.7 Å². The fraction of sp³-hybridized carbons (Fsp3) is 0.412. The van der Waals surface area contributed by atoms with Crippen LogP contribution in [0.15, 0.2) is 34.5 Å². The van der Waals surface area contributed by atoms with Crippen LogP contribution in [0.1, 0.15) is 38.3 Å². The van der Waals surface area contributed by atoms with Crippen molar-refractivity contribution >= 4 is 34.5 Å². The molecule has 0 aliphatic carbocycles. The molecule has 0 radical (unpaired) electrons. The minimum absolute atomic E-state index is 0.227. The lowest BCUT2D eigenvalue weighted by molar-refractivity contribution is -0.138. The summed E-state index contributed by atoms with van der Waals surface area (Å²) in [6.07, 6.45) is 0.807. The number of rotatable bonds is 6. The predicted molar refractivity (Wildman–Crippen MR) is 96.4 cm³/mol. The Balaban J connectivity index is 2.03. The predicted octanol–water partition coefficient (Wildman–Crippen LogP) is 2.67. The minimum Gasteiger partial charge on any atom is -0.481 e. The van der Waals surface area contributed by atoms with Gasteiger partial charge < -0.3 is 10.4 Å². The second-order valence-electron chi connectivity index (χ2n) is 6.08. The minimum atomic E-state index is -1.01. The summed E-state index contributed by atoms with van der Waals surface area (Å²) in [6.45, 7) is 6.21. The molecule has 1 unspecified atom stereocenters. The average Bonchev–Trinajstić information content (AvgIpc) is 2.84. The standard InChI is InChI=1S/C17H21N3O3S/c1-10(2)8-12-4-6-13(7-5-12)11(3)19-20-17-18-16(23)14(24-17)9-15(21)22/h4-7,10,14H,8-9H2,1-3H3,(H,21,22)(H,18,20,23)/b19-11-. The molecule has 6 nitrogen and oxygen atoms in total. The highest BCUT2D eigenvalue weighted by atomic mass is 32.2. The van der Waals surface area contributed by atoms with E-state index >= 15 is 0 Å². The van der Waals surface area contributed by atoms with Gasteiger partial charge in [-0.2, -0.15) is 5.10 Å². The molecule has 0 spiro atoms. The Morgan fingerprint density at radius 3 is 2.58 bits per heavy atom. The molecule has 7 heteroatoms. The van der Waals surface area contributed by atoms with Crippen LogP contribution in [0.4, 0.5) is 0 Å². The summed E-state index contributed by atoms with van der Waals surface area (Å²) >= 11 is 1.09. The number of aliphatic carboxylic acids is 1. The summed E-state index contributed by atoms with van der Waals surface area (Å²) in [4.78, 5) is 22.3. The SMILES string of the molecule is C/C(=N/N=C1/NC(=O)C(CC(=O)O)S1)c1ccc(CC(C)C)cc1. The lowest BCUT2D eigenvalue weighted by Gasteiger charge is -2.06. The zero-order chi connectivity index (χ0) is 17.7. The van der Waals surface area contributed by atoms with Crippen molar-refractivity contribution in [2.24, 2.45) is 16.1 Å². The van der Waals surface area contributed by atoms with Gasteiger partial charge in [-0.1, -0.05) is 49.9 Å². The van der Waals surface area contributed by atoms with Gasteiger partial charge in [0.05, 0.1) is 12.1 Å². The first-order valence-corrected chi connectivity index (χ1v) is 8.64. The normalized spacial score (nSPS) is 19.8. The van der Waals surface area contributed by atoms with Crippen molar-refractivity contribution in [3.05, 3.63) is 35.4 Å². The van der Waals surface area contributed by atoms with Crippen molar-refractivity contribution in [2.75, 3.05) is 0 Å². The van der Waals surface area contributed by atoms with Gasteiger partial charge in [0, 0.05) is 0 Å². The molecule has 1 aliphatic heterocycles. The van der Waals surface area contributed by atoms with E-state index in [4.69, 9.17) is 5.11 Å². The maximum atomic E-state index is 11.6. The lowest BCUT2D eigenvalue weighted by Crippen LogP contribution is -2.26. The van der Waals surface area contributed by atoms with Gasteiger partial charge in [-0.3, -0.25) is 9.59 Å². The first kappa shape index (κ1) is 18.2. The maximum Gasteiger partial charge on any atom is 0.305 e. The third-order valence-electron chi connectivity index (χ3n) is 3.44. The fourth-order valence-electron chi connectivity index (χ4n) is 2.28. The lowest BCUT2D eigenvalue weighted by atomic mass is 10.0. The number of carbonyl (C=O) groups excluding carboxylic acids is 1. The van der Waals surface area contributed by atoms with Gasteiger partial charge in [0.25, 0.3) is 0 Å². The van der Waals surface area contributed by atoms with Gasteiger partial charge in [-0.15, -0.1) is 5.10 Å². The summed E-state index contributed by atoms with van der Waals surface area (Å²) in [6, 6.07) is 8.17. The summed E-state index contributed by atoms with van der Waals surface area (Å²) in [5.41, 5.74) is 2.97. The summed E-state index contributed by atoms with van der Waals surface area (Å²) in [5.74, 6) is -0.740. The zero-order valence-electron chi connectivity index (χ0n) is 13.9. The van der Waals surface area contributed by atoms with Gasteiger partial charge in [0.2, 0.25) is 5.91 Å². The van der Waals surface area contributed by atoms with Crippen molar-refractivity contribution in [3.63, 3.8) is 0 Å². The Hall–Kier alpha value is -2.15. The van der Waals surface area contributed by atoms with Crippen LogP contribution in [-0.4, -0.2) is 33.1 Å². The third kappa shape index (κ3) is 5.19. The second-order valence-corrected chi connectivity index (χ2v) is 7.27. The molecule has 1 saturated heterocycles. The average molecular weight is 347 g/mol. The van der Waals surface area contributed by atoms with Gasteiger partial charge in [0.15, 0.2) is 5.17 Å². The third-order valence-corrected chi connectivity index (χ3v) is 4.52. The number of carboxylic acid groups (broad SMARTS) is 1. The monoisotopic (exact) mass is 347 g/mol. The van der Waals surface area contributed by atoms with E-state index in [0.29, 0.717) is 11.1 Å². The van der Waals surface area contributed by atoms with Crippen LogP contribution >= 0.6 is 11.8 Å². The molecule has 128 valence electrons. The van der Waals surface area contributed by atoms with Crippen molar-refractivity contribution in [1.82, 2.24) is 5.32 Å². The van der Waals surface area contributed by atoms with Crippen molar-refractivity contribution in [2.45, 2.75) is 38.9 Å². The van der Waals surface area contributed by atoms with E-state index < -0.39 is 11.2 Å². The second kappa shape index (κ2) is 8.10. The van der Waals surface area contributed by atoms with E-state index in [1.807, 2.05) is 19.1 Å². The highest BCUT2D eigenvalue weighted by Crippen LogP contribution is 2.22. The number of amidine groups is 1. The van der Waals surface area contributed by atoms with Gasteiger partial charge in [-0.05, 0) is 30.4 Å². The highest BCUT2D eigenvalue weighted by Gasteiger charge is 2.32. The molecule has 1 aromatic carbocycles.